The number of hydrogen-bond donors (Lipinski definition) is 2. The van der Waals surface area contributed by atoms with Crippen LogP contribution in [0.2, 0.25) is 0 Å². The molecular formula is C12H15BrN2O. The van der Waals surface area contributed by atoms with E-state index in [4.69, 9.17) is 0 Å². The van der Waals surface area contributed by atoms with E-state index in [9.17, 15) is 4.79 Å². The molecule has 86 valence electrons. The summed E-state index contributed by atoms with van der Waals surface area (Å²) in [6, 6.07) is 7.66. The largest absolute Gasteiger partial charge is 0.325 e. The lowest BCUT2D eigenvalue weighted by Gasteiger charge is -2.14. The first-order valence-corrected chi connectivity index (χ1v) is 6.24. The molecule has 4 heteroatoms. The van der Waals surface area contributed by atoms with Gasteiger partial charge in [-0.3, -0.25) is 4.79 Å². The van der Waals surface area contributed by atoms with Crippen LogP contribution in [0.3, 0.4) is 0 Å². The average molecular weight is 283 g/mol. The highest BCUT2D eigenvalue weighted by molar-refractivity contribution is 9.10. The molecule has 1 aromatic rings. The van der Waals surface area contributed by atoms with Gasteiger partial charge in [0.2, 0.25) is 5.91 Å². The standard InChI is InChI=1S/C12H15BrN2O/c1-8-6-14-7-9(8)12(16)15-11-5-3-2-4-10(11)13/h2-5,8-9,14H,6-7H2,1H3,(H,15,16)/t8-,9-/m1/s1. The Bertz CT molecular complexity index is 394. The first-order chi connectivity index (χ1) is 7.68. The van der Waals surface area contributed by atoms with Crippen LogP contribution in [0.25, 0.3) is 0 Å². The molecule has 0 aliphatic carbocycles. The van der Waals surface area contributed by atoms with E-state index in [1.165, 1.54) is 0 Å². The van der Waals surface area contributed by atoms with E-state index in [1.54, 1.807) is 0 Å². The van der Waals surface area contributed by atoms with Crippen LogP contribution in [-0.2, 0) is 4.79 Å². The highest BCUT2D eigenvalue weighted by Crippen LogP contribution is 2.24. The number of amides is 1. The Labute approximate surface area is 104 Å². The number of nitrogens with one attached hydrogen (secondary N) is 2. The summed E-state index contributed by atoms with van der Waals surface area (Å²) in [6.07, 6.45) is 0. The molecule has 16 heavy (non-hydrogen) atoms. The van der Waals surface area contributed by atoms with Gasteiger partial charge in [0.15, 0.2) is 0 Å². The van der Waals surface area contributed by atoms with Crippen LogP contribution in [0, 0.1) is 11.8 Å². The van der Waals surface area contributed by atoms with Crippen molar-refractivity contribution in [3.05, 3.63) is 28.7 Å². The van der Waals surface area contributed by atoms with Gasteiger partial charge >= 0.3 is 0 Å². The van der Waals surface area contributed by atoms with Crippen molar-refractivity contribution >= 4 is 27.5 Å². The Morgan fingerprint density at radius 3 is 2.81 bits per heavy atom. The first kappa shape index (κ1) is 11.6. The van der Waals surface area contributed by atoms with Crippen LogP contribution < -0.4 is 10.6 Å². The van der Waals surface area contributed by atoms with Gasteiger partial charge in [0.05, 0.1) is 11.6 Å². The molecule has 0 radical (unpaired) electrons. The van der Waals surface area contributed by atoms with Crippen LogP contribution in [-0.4, -0.2) is 19.0 Å². The van der Waals surface area contributed by atoms with E-state index in [0.717, 1.165) is 23.2 Å². The van der Waals surface area contributed by atoms with E-state index < -0.39 is 0 Å². The van der Waals surface area contributed by atoms with Gasteiger partial charge in [0.1, 0.15) is 0 Å². The van der Waals surface area contributed by atoms with Gasteiger partial charge < -0.3 is 10.6 Å². The number of benzene rings is 1. The van der Waals surface area contributed by atoms with Gasteiger partial charge in [-0.05, 0) is 40.5 Å². The highest BCUT2D eigenvalue weighted by Gasteiger charge is 2.29. The summed E-state index contributed by atoms with van der Waals surface area (Å²) in [6.45, 7) is 3.80. The normalized spacial score (nSPS) is 24.4. The van der Waals surface area contributed by atoms with Gasteiger partial charge in [-0.15, -0.1) is 0 Å². The molecule has 1 saturated heterocycles. The fourth-order valence-corrected chi connectivity index (χ4v) is 2.33. The second-order valence-corrected chi connectivity index (χ2v) is 5.07. The Balaban J connectivity index is 2.05. The smallest absolute Gasteiger partial charge is 0.229 e. The van der Waals surface area contributed by atoms with E-state index >= 15 is 0 Å². The molecule has 0 bridgehead atoms. The molecule has 1 heterocycles. The molecule has 2 N–H and O–H groups in total. The van der Waals surface area contributed by atoms with Crippen LogP contribution in [0.15, 0.2) is 28.7 Å². The molecule has 2 rings (SSSR count). The summed E-state index contributed by atoms with van der Waals surface area (Å²) in [5, 5.41) is 6.19. The Hall–Kier alpha value is -0.870. The quantitative estimate of drug-likeness (QED) is 0.874. The number of rotatable bonds is 2. The monoisotopic (exact) mass is 282 g/mol. The zero-order chi connectivity index (χ0) is 11.5. The minimum absolute atomic E-state index is 0.0760. The van der Waals surface area contributed by atoms with Crippen molar-refractivity contribution in [2.45, 2.75) is 6.92 Å². The molecule has 0 saturated carbocycles. The number of para-hydroxylation sites is 1. The maximum absolute atomic E-state index is 12.0. The summed E-state index contributed by atoms with van der Waals surface area (Å²) >= 11 is 3.42. The van der Waals surface area contributed by atoms with E-state index in [-0.39, 0.29) is 11.8 Å². The number of carbonyl (C=O) groups excluding carboxylic acids is 1. The average Bonchev–Trinajstić information content (AvgIpc) is 2.68. The van der Waals surface area contributed by atoms with Gasteiger partial charge in [0.25, 0.3) is 0 Å². The van der Waals surface area contributed by atoms with Gasteiger partial charge in [0, 0.05) is 11.0 Å². The van der Waals surface area contributed by atoms with E-state index in [2.05, 4.69) is 33.5 Å². The molecule has 1 amide bonds. The van der Waals surface area contributed by atoms with Crippen LogP contribution in [0.4, 0.5) is 5.69 Å². The summed E-state index contributed by atoms with van der Waals surface area (Å²) in [5.41, 5.74) is 0.839. The van der Waals surface area contributed by atoms with Gasteiger partial charge in [-0.1, -0.05) is 19.1 Å². The molecule has 1 fully saturated rings. The van der Waals surface area contributed by atoms with E-state index in [1.807, 2.05) is 24.3 Å². The van der Waals surface area contributed by atoms with Crippen molar-refractivity contribution in [2.24, 2.45) is 11.8 Å². The van der Waals surface area contributed by atoms with Crippen LogP contribution >= 0.6 is 15.9 Å². The molecule has 1 aliphatic heterocycles. The lowest BCUT2D eigenvalue weighted by Crippen LogP contribution is -2.27. The summed E-state index contributed by atoms with van der Waals surface area (Å²) in [4.78, 5) is 12.0. The maximum Gasteiger partial charge on any atom is 0.229 e. The fraction of sp³-hybridized carbons (Fsp3) is 0.417. The number of halogens is 1. The second-order valence-electron chi connectivity index (χ2n) is 4.21. The molecule has 2 atom stereocenters. The molecular weight excluding hydrogens is 268 g/mol. The van der Waals surface area contributed by atoms with Crippen LogP contribution in [0.1, 0.15) is 6.92 Å². The maximum atomic E-state index is 12.0. The third-order valence-electron chi connectivity index (χ3n) is 2.99. The Morgan fingerprint density at radius 1 is 1.44 bits per heavy atom. The highest BCUT2D eigenvalue weighted by atomic mass is 79.9. The minimum Gasteiger partial charge on any atom is -0.325 e. The summed E-state index contributed by atoms with van der Waals surface area (Å²) in [5.74, 6) is 0.582. The molecule has 0 unspecified atom stereocenters. The second kappa shape index (κ2) is 4.97. The predicted octanol–water partition coefficient (Wildman–Crippen LogP) is 2.24. The Kier molecular flexibility index (Phi) is 3.61. The number of anilines is 1. The van der Waals surface area contributed by atoms with Gasteiger partial charge in [-0.2, -0.15) is 0 Å². The third kappa shape index (κ3) is 2.44. The Morgan fingerprint density at radius 2 is 2.19 bits per heavy atom. The van der Waals surface area contributed by atoms with E-state index in [0.29, 0.717) is 5.92 Å². The molecule has 0 spiro atoms. The molecule has 3 nitrogen and oxygen atoms in total. The van der Waals surface area contributed by atoms with Crippen molar-refractivity contribution < 1.29 is 4.79 Å². The third-order valence-corrected chi connectivity index (χ3v) is 3.68. The van der Waals surface area contributed by atoms with Gasteiger partial charge in [-0.25, -0.2) is 0 Å². The van der Waals surface area contributed by atoms with Crippen molar-refractivity contribution in [1.82, 2.24) is 5.32 Å². The zero-order valence-electron chi connectivity index (χ0n) is 9.16. The fourth-order valence-electron chi connectivity index (χ4n) is 1.95. The molecule has 0 aromatic heterocycles. The first-order valence-electron chi connectivity index (χ1n) is 5.44. The summed E-state index contributed by atoms with van der Waals surface area (Å²) in [7, 11) is 0. The van der Waals surface area contributed by atoms with Crippen molar-refractivity contribution in [2.75, 3.05) is 18.4 Å². The van der Waals surface area contributed by atoms with Crippen molar-refractivity contribution in [3.8, 4) is 0 Å². The lowest BCUT2D eigenvalue weighted by molar-refractivity contribution is -0.120. The lowest BCUT2D eigenvalue weighted by atomic mass is 9.97. The molecule has 1 aromatic carbocycles. The zero-order valence-corrected chi connectivity index (χ0v) is 10.8. The number of hydrogen-bond acceptors (Lipinski definition) is 2. The predicted molar refractivity (Wildman–Crippen MR) is 68.3 cm³/mol. The topological polar surface area (TPSA) is 41.1 Å². The minimum atomic E-state index is 0.0760. The SMILES string of the molecule is C[C@@H]1CNC[C@H]1C(=O)Nc1ccccc1Br. The van der Waals surface area contributed by atoms with Crippen LogP contribution in [0.5, 0.6) is 0 Å². The molecule has 1 aliphatic rings. The van der Waals surface area contributed by atoms with Crippen molar-refractivity contribution in [3.63, 3.8) is 0 Å². The summed E-state index contributed by atoms with van der Waals surface area (Å²) < 4.78 is 0.918. The van der Waals surface area contributed by atoms with Crippen molar-refractivity contribution in [1.29, 1.82) is 0 Å². The number of carbonyl (C=O) groups is 1.